The van der Waals surface area contributed by atoms with Crippen LogP contribution in [0.1, 0.15) is 45.4 Å². The lowest BCUT2D eigenvalue weighted by molar-refractivity contribution is -0.136. The predicted octanol–water partition coefficient (Wildman–Crippen LogP) is 2.09. The van der Waals surface area contributed by atoms with Gasteiger partial charge in [-0.15, -0.1) is 0 Å². The number of hydrogen-bond acceptors (Lipinski definition) is 2. The van der Waals surface area contributed by atoms with Crippen LogP contribution in [-0.4, -0.2) is 28.4 Å². The third-order valence-corrected chi connectivity index (χ3v) is 4.50. The summed E-state index contributed by atoms with van der Waals surface area (Å²) in [5, 5.41) is 0. The maximum atomic E-state index is 12.4. The number of carbonyl (C=O) groups is 1. The molecule has 0 bridgehead atoms. The highest BCUT2D eigenvalue weighted by molar-refractivity contribution is 7.80. The Kier molecular flexibility index (Phi) is 4.02. The second-order valence-corrected chi connectivity index (χ2v) is 6.02. The van der Waals surface area contributed by atoms with Crippen molar-refractivity contribution in [2.24, 2.45) is 17.6 Å². The minimum Gasteiger partial charge on any atom is -0.392 e. The molecular weight excluding hydrogens is 232 g/mol. The normalized spacial score (nSPS) is 33.7. The van der Waals surface area contributed by atoms with E-state index in [1.54, 1.807) is 0 Å². The Morgan fingerprint density at radius 1 is 1.24 bits per heavy atom. The van der Waals surface area contributed by atoms with Gasteiger partial charge in [0.1, 0.15) is 0 Å². The first kappa shape index (κ1) is 12.8. The van der Waals surface area contributed by atoms with Crippen LogP contribution in [0.5, 0.6) is 0 Å². The molecular formula is C13H22N2OS. The third-order valence-electron chi connectivity index (χ3n) is 4.23. The monoisotopic (exact) mass is 254 g/mol. The molecule has 1 amide bonds. The topological polar surface area (TPSA) is 46.3 Å². The fraction of sp³-hybridized carbons (Fsp3) is 0.846. The molecule has 0 aromatic carbocycles. The van der Waals surface area contributed by atoms with Crippen LogP contribution in [0.25, 0.3) is 0 Å². The van der Waals surface area contributed by atoms with E-state index in [-0.39, 0.29) is 12.0 Å². The van der Waals surface area contributed by atoms with Crippen molar-refractivity contribution in [1.29, 1.82) is 0 Å². The van der Waals surface area contributed by atoms with Gasteiger partial charge in [0.05, 0.1) is 11.0 Å². The molecule has 2 rings (SSSR count). The Morgan fingerprint density at radius 3 is 2.47 bits per heavy atom. The highest BCUT2D eigenvalue weighted by Crippen LogP contribution is 2.31. The van der Waals surface area contributed by atoms with Crippen LogP contribution in [0.3, 0.4) is 0 Å². The summed E-state index contributed by atoms with van der Waals surface area (Å²) in [7, 11) is 0. The Hall–Kier alpha value is -0.640. The third kappa shape index (κ3) is 2.79. The number of carbonyl (C=O) groups excluding carboxylic acids is 1. The molecule has 1 aliphatic carbocycles. The van der Waals surface area contributed by atoms with Gasteiger partial charge in [0.25, 0.3) is 0 Å². The molecule has 96 valence electrons. The molecule has 0 aromatic heterocycles. The summed E-state index contributed by atoms with van der Waals surface area (Å²) >= 11 is 5.06. The summed E-state index contributed by atoms with van der Waals surface area (Å²) in [6, 6.07) is 0.0249. The zero-order chi connectivity index (χ0) is 12.4. The molecule has 0 spiro atoms. The first-order valence-electron chi connectivity index (χ1n) is 6.69. The van der Waals surface area contributed by atoms with E-state index in [2.05, 4.69) is 6.92 Å². The number of rotatable bonds is 2. The fourth-order valence-corrected chi connectivity index (χ4v) is 3.31. The van der Waals surface area contributed by atoms with Crippen LogP contribution in [-0.2, 0) is 4.79 Å². The quantitative estimate of drug-likeness (QED) is 0.768. The van der Waals surface area contributed by atoms with E-state index >= 15 is 0 Å². The molecule has 2 aliphatic rings. The van der Waals surface area contributed by atoms with Crippen molar-refractivity contribution in [2.45, 2.75) is 51.5 Å². The van der Waals surface area contributed by atoms with Gasteiger partial charge in [-0.05, 0) is 44.4 Å². The zero-order valence-electron chi connectivity index (χ0n) is 10.5. The summed E-state index contributed by atoms with van der Waals surface area (Å²) in [4.78, 5) is 14.9. The number of thiocarbonyl (C=S) groups is 1. The summed E-state index contributed by atoms with van der Waals surface area (Å²) < 4.78 is 0. The molecule has 0 radical (unpaired) electrons. The molecule has 17 heavy (non-hydrogen) atoms. The number of hydrogen-bond donors (Lipinski definition) is 1. The van der Waals surface area contributed by atoms with Gasteiger partial charge in [-0.3, -0.25) is 4.79 Å². The van der Waals surface area contributed by atoms with Crippen LogP contribution in [0, 0.1) is 11.8 Å². The summed E-state index contributed by atoms with van der Waals surface area (Å²) in [6.07, 6.45) is 6.44. The van der Waals surface area contributed by atoms with Crippen molar-refractivity contribution in [3.8, 4) is 0 Å². The van der Waals surface area contributed by atoms with Crippen LogP contribution in [0.15, 0.2) is 0 Å². The van der Waals surface area contributed by atoms with E-state index in [0.717, 1.165) is 38.1 Å². The van der Waals surface area contributed by atoms with E-state index in [4.69, 9.17) is 18.0 Å². The highest BCUT2D eigenvalue weighted by Gasteiger charge is 2.35. The largest absolute Gasteiger partial charge is 0.392 e. The number of nitrogens with two attached hydrogens (primary N) is 1. The molecule has 1 atom stereocenters. The second kappa shape index (κ2) is 5.34. The summed E-state index contributed by atoms with van der Waals surface area (Å²) in [6.45, 7) is 3.11. The van der Waals surface area contributed by atoms with E-state index in [0.29, 0.717) is 10.9 Å². The van der Waals surface area contributed by atoms with E-state index < -0.39 is 0 Å². The smallest absolute Gasteiger partial charge is 0.226 e. The standard InChI is InChI=1S/C13H22N2OS/c1-9-4-6-10(7-5-9)13(16)15-8-2-3-11(15)12(14)17/h9-11H,2-8H2,1H3,(H2,14,17). The molecule has 1 saturated carbocycles. The SMILES string of the molecule is CC1CCC(C(=O)N2CCCC2C(N)=S)CC1. The van der Waals surface area contributed by atoms with Gasteiger partial charge >= 0.3 is 0 Å². The van der Waals surface area contributed by atoms with Crippen molar-refractivity contribution in [1.82, 2.24) is 4.90 Å². The molecule has 0 aromatic rings. The van der Waals surface area contributed by atoms with Gasteiger partial charge in [-0.2, -0.15) is 0 Å². The molecule has 2 fully saturated rings. The van der Waals surface area contributed by atoms with E-state index in [1.807, 2.05) is 4.90 Å². The first-order valence-corrected chi connectivity index (χ1v) is 7.10. The van der Waals surface area contributed by atoms with Gasteiger partial charge in [0, 0.05) is 12.5 Å². The maximum Gasteiger partial charge on any atom is 0.226 e. The Balaban J connectivity index is 1.97. The first-order chi connectivity index (χ1) is 8.09. The Labute approximate surface area is 109 Å². The van der Waals surface area contributed by atoms with Crippen molar-refractivity contribution in [2.75, 3.05) is 6.54 Å². The van der Waals surface area contributed by atoms with Crippen molar-refractivity contribution >= 4 is 23.1 Å². The zero-order valence-corrected chi connectivity index (χ0v) is 11.3. The lowest BCUT2D eigenvalue weighted by Crippen LogP contribution is -2.45. The van der Waals surface area contributed by atoms with Crippen LogP contribution >= 0.6 is 12.2 Å². The molecule has 2 N–H and O–H groups in total. The van der Waals surface area contributed by atoms with Crippen molar-refractivity contribution in [3.05, 3.63) is 0 Å². The second-order valence-electron chi connectivity index (χ2n) is 5.55. The molecule has 1 saturated heterocycles. The van der Waals surface area contributed by atoms with E-state index in [9.17, 15) is 4.79 Å². The number of likely N-dealkylation sites (tertiary alicyclic amines) is 1. The maximum absolute atomic E-state index is 12.4. The Bertz CT molecular complexity index is 311. The van der Waals surface area contributed by atoms with Gasteiger partial charge in [-0.25, -0.2) is 0 Å². The number of amides is 1. The summed E-state index contributed by atoms with van der Waals surface area (Å²) in [5.74, 6) is 1.30. The van der Waals surface area contributed by atoms with Crippen LogP contribution in [0.2, 0.25) is 0 Å². The number of nitrogens with zero attached hydrogens (tertiary/aromatic N) is 1. The van der Waals surface area contributed by atoms with Crippen molar-refractivity contribution in [3.63, 3.8) is 0 Å². The lowest BCUT2D eigenvalue weighted by Gasteiger charge is -2.31. The fourth-order valence-electron chi connectivity index (χ4n) is 3.07. The minimum atomic E-state index is 0.0249. The molecule has 4 heteroatoms. The van der Waals surface area contributed by atoms with Gasteiger partial charge in [0.15, 0.2) is 0 Å². The van der Waals surface area contributed by atoms with Crippen molar-refractivity contribution < 1.29 is 4.79 Å². The van der Waals surface area contributed by atoms with Gasteiger partial charge in [-0.1, -0.05) is 19.1 Å². The molecule has 1 aliphatic heterocycles. The predicted molar refractivity (Wildman–Crippen MR) is 72.6 cm³/mol. The lowest BCUT2D eigenvalue weighted by atomic mass is 9.82. The van der Waals surface area contributed by atoms with Gasteiger partial charge in [0.2, 0.25) is 5.91 Å². The average molecular weight is 254 g/mol. The minimum absolute atomic E-state index is 0.0249. The van der Waals surface area contributed by atoms with Gasteiger partial charge < -0.3 is 10.6 Å². The molecule has 1 heterocycles. The summed E-state index contributed by atoms with van der Waals surface area (Å²) in [5.41, 5.74) is 5.72. The highest BCUT2D eigenvalue weighted by atomic mass is 32.1. The molecule has 1 unspecified atom stereocenters. The van der Waals surface area contributed by atoms with E-state index in [1.165, 1.54) is 12.8 Å². The van der Waals surface area contributed by atoms with Crippen LogP contribution in [0.4, 0.5) is 0 Å². The Morgan fingerprint density at radius 2 is 1.88 bits per heavy atom. The average Bonchev–Trinajstić information content (AvgIpc) is 2.78. The van der Waals surface area contributed by atoms with Crippen LogP contribution < -0.4 is 5.73 Å². The molecule has 3 nitrogen and oxygen atoms in total.